The molecule has 21 heavy (non-hydrogen) atoms. The molecule has 1 aliphatic heterocycles. The number of aliphatic hydroxyl groups excluding tert-OH is 1. The third-order valence-corrected chi connectivity index (χ3v) is 3.55. The lowest BCUT2D eigenvalue weighted by Crippen LogP contribution is -2.24. The van der Waals surface area contributed by atoms with Gasteiger partial charge in [0.1, 0.15) is 11.5 Å². The molecule has 4 nitrogen and oxygen atoms in total. The maximum absolute atomic E-state index is 8.69. The summed E-state index contributed by atoms with van der Waals surface area (Å²) in [5.74, 6) is 1.70. The fraction of sp³-hybridized carbons (Fsp3) is 0.647. The summed E-state index contributed by atoms with van der Waals surface area (Å²) in [4.78, 5) is 0. The average molecular weight is 294 g/mol. The zero-order valence-electron chi connectivity index (χ0n) is 12.6. The lowest BCUT2D eigenvalue weighted by atomic mass is 10.2. The first-order valence-electron chi connectivity index (χ1n) is 8.00. The molecule has 0 aromatic heterocycles. The van der Waals surface area contributed by atoms with E-state index in [2.05, 4.69) is 0 Å². The molecule has 1 atom stereocenters. The van der Waals surface area contributed by atoms with E-state index >= 15 is 0 Å². The Hall–Kier alpha value is -1.26. The largest absolute Gasteiger partial charge is 0.494 e. The van der Waals surface area contributed by atoms with Gasteiger partial charge in [0.2, 0.25) is 0 Å². The van der Waals surface area contributed by atoms with Gasteiger partial charge >= 0.3 is 0 Å². The van der Waals surface area contributed by atoms with E-state index in [0.717, 1.165) is 63.2 Å². The number of aliphatic hydroxyl groups is 1. The first-order chi connectivity index (χ1) is 10.4. The van der Waals surface area contributed by atoms with Crippen molar-refractivity contribution in [2.75, 3.05) is 19.8 Å². The van der Waals surface area contributed by atoms with Crippen LogP contribution in [0.4, 0.5) is 0 Å². The van der Waals surface area contributed by atoms with Crippen LogP contribution in [0.1, 0.15) is 44.9 Å². The van der Waals surface area contributed by atoms with Gasteiger partial charge in [-0.05, 0) is 56.4 Å². The summed E-state index contributed by atoms with van der Waals surface area (Å²) in [6, 6.07) is 7.73. The molecule has 4 heteroatoms. The normalized spacial score (nSPS) is 18.4. The fourth-order valence-corrected chi connectivity index (χ4v) is 2.33. The minimum absolute atomic E-state index is 0.1000. The highest BCUT2D eigenvalue weighted by molar-refractivity contribution is 5.31. The topological polar surface area (TPSA) is 47.9 Å². The number of hydrogen-bond acceptors (Lipinski definition) is 4. The number of hydrogen-bond donors (Lipinski definition) is 1. The quantitative estimate of drug-likeness (QED) is 0.708. The molecule has 0 aliphatic carbocycles. The third-order valence-electron chi connectivity index (χ3n) is 3.55. The predicted molar refractivity (Wildman–Crippen MR) is 81.7 cm³/mol. The Bertz CT molecular complexity index is 371. The smallest absolute Gasteiger partial charge is 0.199 e. The van der Waals surface area contributed by atoms with E-state index in [0.29, 0.717) is 0 Å². The van der Waals surface area contributed by atoms with Gasteiger partial charge in [0.25, 0.3) is 0 Å². The molecular weight excluding hydrogens is 268 g/mol. The van der Waals surface area contributed by atoms with Gasteiger partial charge in [-0.1, -0.05) is 6.42 Å². The summed E-state index contributed by atoms with van der Waals surface area (Å²) in [6.45, 7) is 1.80. The second-order valence-corrected chi connectivity index (χ2v) is 5.37. The van der Waals surface area contributed by atoms with E-state index < -0.39 is 0 Å². The van der Waals surface area contributed by atoms with Gasteiger partial charge in [0, 0.05) is 13.0 Å². The van der Waals surface area contributed by atoms with Crippen LogP contribution in [0.5, 0.6) is 11.5 Å². The monoisotopic (exact) mass is 294 g/mol. The summed E-state index contributed by atoms with van der Waals surface area (Å²) < 4.78 is 17.0. The van der Waals surface area contributed by atoms with Gasteiger partial charge in [-0.2, -0.15) is 0 Å². The molecule has 0 radical (unpaired) electrons. The van der Waals surface area contributed by atoms with E-state index in [1.54, 1.807) is 0 Å². The Balaban J connectivity index is 1.64. The zero-order chi connectivity index (χ0) is 14.8. The van der Waals surface area contributed by atoms with Crippen LogP contribution in [-0.2, 0) is 4.74 Å². The molecule has 118 valence electrons. The number of rotatable bonds is 9. The summed E-state index contributed by atoms with van der Waals surface area (Å²) in [5, 5.41) is 8.69. The molecule has 1 saturated heterocycles. The Labute approximate surface area is 127 Å². The minimum Gasteiger partial charge on any atom is -0.494 e. The summed E-state index contributed by atoms with van der Waals surface area (Å²) in [6.07, 6.45) is 7.23. The number of unbranched alkanes of at least 4 members (excludes halogenated alkanes) is 3. The first kappa shape index (κ1) is 16.1. The molecule has 1 aromatic carbocycles. The van der Waals surface area contributed by atoms with Crippen LogP contribution in [0.25, 0.3) is 0 Å². The van der Waals surface area contributed by atoms with E-state index in [9.17, 15) is 0 Å². The van der Waals surface area contributed by atoms with Crippen molar-refractivity contribution in [3.05, 3.63) is 24.3 Å². The molecule has 0 saturated carbocycles. The highest BCUT2D eigenvalue weighted by Crippen LogP contribution is 2.22. The Morgan fingerprint density at radius 1 is 1.00 bits per heavy atom. The van der Waals surface area contributed by atoms with Gasteiger partial charge in [-0.25, -0.2) is 0 Å². The van der Waals surface area contributed by atoms with Crippen LogP contribution in [-0.4, -0.2) is 31.2 Å². The number of ether oxygens (including phenoxy) is 3. The third kappa shape index (κ3) is 6.36. The van der Waals surface area contributed by atoms with Gasteiger partial charge in [-0.3, -0.25) is 0 Å². The van der Waals surface area contributed by atoms with Crippen molar-refractivity contribution in [3.63, 3.8) is 0 Å². The van der Waals surface area contributed by atoms with Crippen molar-refractivity contribution in [1.82, 2.24) is 0 Å². The van der Waals surface area contributed by atoms with E-state index in [4.69, 9.17) is 19.3 Å². The maximum atomic E-state index is 8.69. The molecule has 0 bridgehead atoms. The summed E-state index contributed by atoms with van der Waals surface area (Å²) in [7, 11) is 0. The molecule has 1 unspecified atom stereocenters. The van der Waals surface area contributed by atoms with Crippen molar-refractivity contribution < 1.29 is 19.3 Å². The van der Waals surface area contributed by atoms with Gasteiger partial charge in [0.05, 0.1) is 13.2 Å². The molecule has 1 aromatic rings. The number of benzene rings is 1. The molecule has 0 spiro atoms. The molecule has 1 fully saturated rings. The zero-order valence-corrected chi connectivity index (χ0v) is 12.6. The molecule has 1 aliphatic rings. The average Bonchev–Trinajstić information content (AvgIpc) is 2.53. The van der Waals surface area contributed by atoms with Crippen LogP contribution in [0.3, 0.4) is 0 Å². The summed E-state index contributed by atoms with van der Waals surface area (Å²) >= 11 is 0. The highest BCUT2D eigenvalue weighted by atomic mass is 16.7. The van der Waals surface area contributed by atoms with Crippen LogP contribution < -0.4 is 9.47 Å². The van der Waals surface area contributed by atoms with E-state index in [1.165, 1.54) is 6.42 Å². The predicted octanol–water partition coefficient (Wildman–Crippen LogP) is 3.52. The lowest BCUT2D eigenvalue weighted by molar-refractivity contribution is -0.105. The Morgan fingerprint density at radius 3 is 2.48 bits per heavy atom. The Morgan fingerprint density at radius 2 is 1.76 bits per heavy atom. The Kier molecular flexibility index (Phi) is 7.39. The van der Waals surface area contributed by atoms with Crippen molar-refractivity contribution in [2.24, 2.45) is 0 Å². The van der Waals surface area contributed by atoms with Gasteiger partial charge in [0.15, 0.2) is 6.29 Å². The SMILES string of the molecule is OCCCCCCOc1ccc(OC2CCCCO2)cc1. The van der Waals surface area contributed by atoms with Crippen LogP contribution in [0.2, 0.25) is 0 Å². The molecule has 1 heterocycles. The maximum Gasteiger partial charge on any atom is 0.199 e. The molecule has 0 amide bonds. The van der Waals surface area contributed by atoms with Crippen LogP contribution in [0, 0.1) is 0 Å². The van der Waals surface area contributed by atoms with Crippen molar-refractivity contribution >= 4 is 0 Å². The van der Waals surface area contributed by atoms with Crippen molar-refractivity contribution in [3.8, 4) is 11.5 Å². The van der Waals surface area contributed by atoms with Crippen molar-refractivity contribution in [1.29, 1.82) is 0 Å². The van der Waals surface area contributed by atoms with Gasteiger partial charge in [-0.15, -0.1) is 0 Å². The lowest BCUT2D eigenvalue weighted by Gasteiger charge is -2.23. The van der Waals surface area contributed by atoms with Crippen LogP contribution in [0.15, 0.2) is 24.3 Å². The molecule has 1 N–H and O–H groups in total. The minimum atomic E-state index is -0.1000. The molecular formula is C17H26O4. The standard InChI is InChI=1S/C17H26O4/c18-12-4-1-2-5-13-19-15-8-10-16(11-9-15)21-17-7-3-6-14-20-17/h8-11,17-18H,1-7,12-14H2. The van der Waals surface area contributed by atoms with Gasteiger partial charge < -0.3 is 19.3 Å². The summed E-state index contributed by atoms with van der Waals surface area (Å²) in [5.41, 5.74) is 0. The molecule has 2 rings (SSSR count). The van der Waals surface area contributed by atoms with Crippen LogP contribution >= 0.6 is 0 Å². The van der Waals surface area contributed by atoms with E-state index in [1.807, 2.05) is 24.3 Å². The first-order valence-corrected chi connectivity index (χ1v) is 8.00. The highest BCUT2D eigenvalue weighted by Gasteiger charge is 2.14. The second kappa shape index (κ2) is 9.64. The van der Waals surface area contributed by atoms with E-state index in [-0.39, 0.29) is 12.9 Å². The second-order valence-electron chi connectivity index (χ2n) is 5.37. The van der Waals surface area contributed by atoms with Crippen molar-refractivity contribution in [2.45, 2.75) is 51.2 Å². The fourth-order valence-electron chi connectivity index (χ4n) is 2.33.